The molecular weight excluding hydrogens is 376 g/mol. The number of benzene rings is 1. The first-order valence-electron chi connectivity index (χ1n) is 9.24. The number of fused-ring (bicyclic) bond motifs is 4. The first kappa shape index (κ1) is 17.1. The molecule has 0 saturated carbocycles. The van der Waals surface area contributed by atoms with E-state index >= 15 is 0 Å². The number of nitriles is 1. The average Bonchev–Trinajstić information content (AvgIpc) is 3.13. The van der Waals surface area contributed by atoms with Crippen LogP contribution in [0, 0.1) is 17.2 Å². The molecule has 2 bridgehead atoms. The summed E-state index contributed by atoms with van der Waals surface area (Å²) >= 11 is 6.27. The predicted molar refractivity (Wildman–Crippen MR) is 105 cm³/mol. The third-order valence-corrected chi connectivity index (χ3v) is 5.92. The van der Waals surface area contributed by atoms with Crippen LogP contribution in [0.25, 0.3) is 11.5 Å². The number of anilines is 1. The number of hydrogen-bond acceptors (Lipinski definition) is 5. The number of piperidine rings is 1. The Morgan fingerprint density at radius 3 is 2.82 bits per heavy atom. The molecule has 3 aromatic rings. The minimum Gasteiger partial charge on any atom is -0.419 e. The molecule has 0 N–H and O–H groups in total. The molecule has 6 nitrogen and oxygen atoms in total. The maximum Gasteiger partial charge on any atom is 0.250 e. The van der Waals surface area contributed by atoms with E-state index in [1.54, 1.807) is 12.1 Å². The standard InChI is InChI=1S/C21H17ClN4O2/c22-16-5-2-1-4-15(16)20-24-17(9-23)21(28-20)25-10-13-8-14(12-25)18-6-3-7-19(27)26(18)11-13/h1-7,13-14H,8,10-12H2/t13-,14-/m0/s1. The second-order valence-corrected chi connectivity index (χ2v) is 7.77. The van der Waals surface area contributed by atoms with Crippen molar-refractivity contribution in [2.75, 3.05) is 18.0 Å². The van der Waals surface area contributed by atoms with Crippen molar-refractivity contribution < 1.29 is 4.42 Å². The molecule has 28 heavy (non-hydrogen) atoms. The summed E-state index contributed by atoms with van der Waals surface area (Å²) in [6.07, 6.45) is 1.04. The van der Waals surface area contributed by atoms with Crippen LogP contribution >= 0.6 is 11.6 Å². The van der Waals surface area contributed by atoms with Crippen molar-refractivity contribution in [1.82, 2.24) is 9.55 Å². The van der Waals surface area contributed by atoms with E-state index in [-0.39, 0.29) is 17.2 Å². The largest absolute Gasteiger partial charge is 0.419 e. The van der Waals surface area contributed by atoms with Crippen LogP contribution in [0.5, 0.6) is 0 Å². The Morgan fingerprint density at radius 2 is 2.00 bits per heavy atom. The van der Waals surface area contributed by atoms with Crippen molar-refractivity contribution in [3.05, 3.63) is 69.2 Å². The zero-order valence-electron chi connectivity index (χ0n) is 15.0. The summed E-state index contributed by atoms with van der Waals surface area (Å²) in [4.78, 5) is 18.7. The van der Waals surface area contributed by atoms with Gasteiger partial charge in [-0.05, 0) is 30.5 Å². The predicted octanol–water partition coefficient (Wildman–Crippen LogP) is 3.65. The summed E-state index contributed by atoms with van der Waals surface area (Å²) in [6.45, 7) is 2.10. The van der Waals surface area contributed by atoms with Crippen molar-refractivity contribution in [2.24, 2.45) is 5.92 Å². The minimum atomic E-state index is 0.0547. The van der Waals surface area contributed by atoms with E-state index in [0.29, 0.717) is 41.4 Å². The Kier molecular flexibility index (Phi) is 3.99. The molecule has 0 unspecified atom stereocenters. The summed E-state index contributed by atoms with van der Waals surface area (Å²) in [5, 5.41) is 10.1. The molecule has 1 aromatic carbocycles. The Balaban J connectivity index is 1.52. The van der Waals surface area contributed by atoms with Crippen LogP contribution in [0.1, 0.15) is 23.7 Å². The smallest absolute Gasteiger partial charge is 0.250 e. The normalized spacial score (nSPS) is 20.5. The molecule has 1 fully saturated rings. The first-order chi connectivity index (χ1) is 13.6. The van der Waals surface area contributed by atoms with Gasteiger partial charge >= 0.3 is 0 Å². The number of pyridine rings is 1. The third kappa shape index (κ3) is 2.71. The van der Waals surface area contributed by atoms with Gasteiger partial charge < -0.3 is 13.9 Å². The van der Waals surface area contributed by atoms with Gasteiger partial charge in [0, 0.05) is 37.3 Å². The lowest BCUT2D eigenvalue weighted by Crippen LogP contribution is -2.47. The SMILES string of the molecule is N#Cc1nc(-c2ccccc2Cl)oc1N1C[C@@H]2C[C@@H](C1)c1cccc(=O)n1C2. The molecular formula is C21H17ClN4O2. The summed E-state index contributed by atoms with van der Waals surface area (Å²) < 4.78 is 7.91. The van der Waals surface area contributed by atoms with Crippen LogP contribution < -0.4 is 10.5 Å². The highest BCUT2D eigenvalue weighted by Gasteiger charge is 2.36. The maximum atomic E-state index is 12.2. The van der Waals surface area contributed by atoms with Gasteiger partial charge in [-0.2, -0.15) is 10.2 Å². The van der Waals surface area contributed by atoms with Crippen molar-refractivity contribution in [3.63, 3.8) is 0 Å². The molecule has 0 radical (unpaired) electrons. The number of rotatable bonds is 2. The summed E-state index contributed by atoms with van der Waals surface area (Å²) in [5.41, 5.74) is 2.04. The van der Waals surface area contributed by atoms with Gasteiger partial charge in [-0.25, -0.2) is 0 Å². The Labute approximate surface area is 166 Å². The molecule has 7 heteroatoms. The number of halogens is 1. The fourth-order valence-electron chi connectivity index (χ4n) is 4.41. The van der Waals surface area contributed by atoms with Gasteiger partial charge in [-0.1, -0.05) is 29.8 Å². The highest BCUT2D eigenvalue weighted by Crippen LogP contribution is 2.39. The summed E-state index contributed by atoms with van der Waals surface area (Å²) in [7, 11) is 0. The fourth-order valence-corrected chi connectivity index (χ4v) is 4.63. The minimum absolute atomic E-state index is 0.0547. The van der Waals surface area contributed by atoms with Gasteiger partial charge in [-0.15, -0.1) is 0 Å². The number of aromatic nitrogens is 2. The van der Waals surface area contributed by atoms with Gasteiger partial charge in [0.25, 0.3) is 5.56 Å². The fraction of sp³-hybridized carbons (Fsp3) is 0.286. The van der Waals surface area contributed by atoms with E-state index in [1.165, 1.54) is 0 Å². The van der Waals surface area contributed by atoms with Crippen LogP contribution in [-0.2, 0) is 6.54 Å². The molecule has 2 aromatic heterocycles. The molecule has 0 spiro atoms. The number of nitrogens with zero attached hydrogens (tertiary/aromatic N) is 4. The van der Waals surface area contributed by atoms with Gasteiger partial charge in [-0.3, -0.25) is 4.79 Å². The van der Waals surface area contributed by atoms with Gasteiger partial charge in [0.1, 0.15) is 6.07 Å². The molecule has 1 saturated heterocycles. The lowest BCUT2D eigenvalue weighted by molar-refractivity contribution is 0.275. The van der Waals surface area contributed by atoms with E-state index in [4.69, 9.17) is 16.0 Å². The molecule has 0 amide bonds. The molecule has 0 aliphatic carbocycles. The second kappa shape index (κ2) is 6.54. The van der Waals surface area contributed by atoms with Crippen LogP contribution in [0.4, 0.5) is 5.88 Å². The zero-order valence-corrected chi connectivity index (χ0v) is 15.8. The topological polar surface area (TPSA) is 75.1 Å². The molecule has 2 atom stereocenters. The van der Waals surface area contributed by atoms with Gasteiger partial charge in [0.2, 0.25) is 17.5 Å². The third-order valence-electron chi connectivity index (χ3n) is 5.59. The van der Waals surface area contributed by atoms with E-state index in [0.717, 1.165) is 18.7 Å². The van der Waals surface area contributed by atoms with Gasteiger partial charge in [0.05, 0.1) is 10.6 Å². The quantitative estimate of drug-likeness (QED) is 0.665. The Bertz CT molecular complexity index is 1160. The Morgan fingerprint density at radius 1 is 1.14 bits per heavy atom. The highest BCUT2D eigenvalue weighted by molar-refractivity contribution is 6.33. The average molecular weight is 393 g/mol. The number of hydrogen-bond donors (Lipinski definition) is 0. The highest BCUT2D eigenvalue weighted by atomic mass is 35.5. The van der Waals surface area contributed by atoms with Crippen molar-refractivity contribution >= 4 is 17.5 Å². The number of oxazole rings is 1. The lowest BCUT2D eigenvalue weighted by atomic mass is 9.83. The zero-order chi connectivity index (χ0) is 19.3. The molecule has 2 aliphatic heterocycles. The lowest BCUT2D eigenvalue weighted by Gasteiger charge is -2.42. The van der Waals surface area contributed by atoms with Gasteiger partial charge in [0.15, 0.2) is 0 Å². The van der Waals surface area contributed by atoms with E-state index in [9.17, 15) is 10.1 Å². The van der Waals surface area contributed by atoms with E-state index in [2.05, 4.69) is 16.0 Å². The van der Waals surface area contributed by atoms with E-state index < -0.39 is 0 Å². The maximum absolute atomic E-state index is 12.2. The van der Waals surface area contributed by atoms with Crippen LogP contribution in [-0.4, -0.2) is 22.6 Å². The van der Waals surface area contributed by atoms with Crippen molar-refractivity contribution in [1.29, 1.82) is 5.26 Å². The van der Waals surface area contributed by atoms with Crippen molar-refractivity contribution in [3.8, 4) is 17.5 Å². The molecule has 2 aliphatic rings. The second-order valence-electron chi connectivity index (χ2n) is 7.37. The molecule has 140 valence electrons. The first-order valence-corrected chi connectivity index (χ1v) is 9.62. The summed E-state index contributed by atoms with van der Waals surface area (Å²) in [5.74, 6) is 1.39. The monoisotopic (exact) mass is 392 g/mol. The summed E-state index contributed by atoms with van der Waals surface area (Å²) in [6, 6.07) is 14.9. The van der Waals surface area contributed by atoms with Crippen molar-refractivity contribution in [2.45, 2.75) is 18.9 Å². The Hall–Kier alpha value is -3.04. The van der Waals surface area contributed by atoms with Crippen LogP contribution in [0.3, 0.4) is 0 Å². The van der Waals surface area contributed by atoms with E-state index in [1.807, 2.05) is 34.9 Å². The molecule has 4 heterocycles. The van der Waals surface area contributed by atoms with Crippen LogP contribution in [0.15, 0.2) is 51.7 Å². The van der Waals surface area contributed by atoms with Crippen LogP contribution in [0.2, 0.25) is 5.02 Å². The molecule has 5 rings (SSSR count).